The molecule has 1 amide bonds. The van der Waals surface area contributed by atoms with Crippen molar-refractivity contribution in [3.63, 3.8) is 0 Å². The first-order valence-electron chi connectivity index (χ1n) is 6.31. The van der Waals surface area contributed by atoms with Gasteiger partial charge in [0.05, 0.1) is 18.0 Å². The standard InChI is InChI=1S/C13H18N2O5S/c1-3-20-13(17)10-15(2)12(16)9-14-21(18,19)11-7-5-4-6-8-11/h4-8,14H,3,9-10H2,1-2H3. The highest BCUT2D eigenvalue weighted by atomic mass is 32.2. The third-order valence-electron chi connectivity index (χ3n) is 2.56. The van der Waals surface area contributed by atoms with Gasteiger partial charge in [-0.25, -0.2) is 13.1 Å². The Hall–Kier alpha value is -1.93. The topological polar surface area (TPSA) is 92.8 Å². The van der Waals surface area contributed by atoms with Gasteiger partial charge in [0.2, 0.25) is 15.9 Å². The van der Waals surface area contributed by atoms with Crippen LogP contribution in [0.25, 0.3) is 0 Å². The zero-order valence-corrected chi connectivity index (χ0v) is 12.7. The Morgan fingerprint density at radius 1 is 1.24 bits per heavy atom. The van der Waals surface area contributed by atoms with Crippen LogP contribution in [0.5, 0.6) is 0 Å². The van der Waals surface area contributed by atoms with Gasteiger partial charge in [0.15, 0.2) is 0 Å². The van der Waals surface area contributed by atoms with Gasteiger partial charge in [-0.2, -0.15) is 0 Å². The van der Waals surface area contributed by atoms with Crippen molar-refractivity contribution < 1.29 is 22.7 Å². The molecule has 0 aliphatic heterocycles. The number of benzene rings is 1. The second kappa shape index (κ2) is 7.75. The number of carbonyl (C=O) groups excluding carboxylic acids is 2. The second-order valence-electron chi connectivity index (χ2n) is 4.19. The molecule has 1 rings (SSSR count). The van der Waals surface area contributed by atoms with E-state index in [9.17, 15) is 18.0 Å². The predicted molar refractivity (Wildman–Crippen MR) is 75.9 cm³/mol. The number of amides is 1. The molecule has 0 fully saturated rings. The molecule has 116 valence electrons. The number of nitrogens with zero attached hydrogens (tertiary/aromatic N) is 1. The van der Waals surface area contributed by atoms with E-state index in [0.717, 1.165) is 4.90 Å². The Kier molecular flexibility index (Phi) is 6.32. The summed E-state index contributed by atoms with van der Waals surface area (Å²) in [6.45, 7) is 1.24. The maximum absolute atomic E-state index is 11.9. The van der Waals surface area contributed by atoms with E-state index < -0.39 is 28.4 Å². The van der Waals surface area contributed by atoms with Crippen molar-refractivity contribution in [2.75, 3.05) is 26.7 Å². The van der Waals surface area contributed by atoms with Gasteiger partial charge in [0, 0.05) is 7.05 Å². The van der Waals surface area contributed by atoms with Crippen molar-refractivity contribution in [3.8, 4) is 0 Å². The van der Waals surface area contributed by atoms with Gasteiger partial charge >= 0.3 is 5.97 Å². The van der Waals surface area contributed by atoms with Crippen LogP contribution in [-0.4, -0.2) is 51.9 Å². The Labute approximate surface area is 123 Å². The third-order valence-corrected chi connectivity index (χ3v) is 3.98. The van der Waals surface area contributed by atoms with Crippen LogP contribution in [0.1, 0.15) is 6.92 Å². The normalized spacial score (nSPS) is 11.0. The minimum atomic E-state index is -3.74. The number of sulfonamides is 1. The summed E-state index contributed by atoms with van der Waals surface area (Å²) < 4.78 is 30.7. The van der Waals surface area contributed by atoms with Crippen LogP contribution in [0, 0.1) is 0 Å². The van der Waals surface area contributed by atoms with Crippen LogP contribution in [0.15, 0.2) is 35.2 Å². The van der Waals surface area contributed by atoms with Crippen LogP contribution in [0.4, 0.5) is 0 Å². The molecule has 0 bridgehead atoms. The summed E-state index contributed by atoms with van der Waals surface area (Å²) in [5.74, 6) is -1.07. The van der Waals surface area contributed by atoms with E-state index in [4.69, 9.17) is 4.74 Å². The average Bonchev–Trinajstić information content (AvgIpc) is 2.46. The zero-order valence-electron chi connectivity index (χ0n) is 11.9. The monoisotopic (exact) mass is 314 g/mol. The quantitative estimate of drug-likeness (QED) is 0.714. The maximum Gasteiger partial charge on any atom is 0.325 e. The minimum Gasteiger partial charge on any atom is -0.465 e. The summed E-state index contributed by atoms with van der Waals surface area (Å²) >= 11 is 0. The summed E-state index contributed by atoms with van der Waals surface area (Å²) in [6, 6.07) is 7.72. The molecule has 0 unspecified atom stereocenters. The minimum absolute atomic E-state index is 0.0749. The van der Waals surface area contributed by atoms with Crippen molar-refractivity contribution in [2.24, 2.45) is 0 Å². The third kappa shape index (κ3) is 5.52. The summed E-state index contributed by atoms with van der Waals surface area (Å²) in [7, 11) is -2.34. The first-order chi connectivity index (χ1) is 9.86. The fourth-order valence-electron chi connectivity index (χ4n) is 1.46. The molecular formula is C13H18N2O5S. The van der Waals surface area contributed by atoms with E-state index in [1.807, 2.05) is 0 Å². The van der Waals surface area contributed by atoms with Crippen molar-refractivity contribution in [1.29, 1.82) is 0 Å². The van der Waals surface area contributed by atoms with Gasteiger partial charge < -0.3 is 9.64 Å². The van der Waals surface area contributed by atoms with Gasteiger partial charge in [-0.05, 0) is 19.1 Å². The molecule has 0 aromatic heterocycles. The smallest absolute Gasteiger partial charge is 0.325 e. The number of rotatable bonds is 7. The predicted octanol–water partition coefficient (Wildman–Crippen LogP) is -0.0136. The Bertz CT molecular complexity index is 586. The molecule has 0 saturated carbocycles. The maximum atomic E-state index is 11.9. The van der Waals surface area contributed by atoms with Crippen LogP contribution in [-0.2, 0) is 24.3 Å². The SMILES string of the molecule is CCOC(=O)CN(C)C(=O)CNS(=O)(=O)c1ccccc1. The Balaban J connectivity index is 2.54. The van der Waals surface area contributed by atoms with Crippen LogP contribution < -0.4 is 4.72 Å². The molecule has 0 saturated heterocycles. The van der Waals surface area contributed by atoms with Crippen LogP contribution in [0.3, 0.4) is 0 Å². The van der Waals surface area contributed by atoms with Gasteiger partial charge in [-0.1, -0.05) is 18.2 Å². The second-order valence-corrected chi connectivity index (χ2v) is 5.96. The largest absolute Gasteiger partial charge is 0.465 e. The molecule has 0 heterocycles. The Morgan fingerprint density at radius 2 is 1.86 bits per heavy atom. The number of nitrogens with one attached hydrogen (secondary N) is 1. The molecule has 8 heteroatoms. The molecule has 0 aliphatic carbocycles. The van der Waals surface area contributed by atoms with E-state index in [1.54, 1.807) is 25.1 Å². The van der Waals surface area contributed by atoms with Crippen molar-refractivity contribution in [3.05, 3.63) is 30.3 Å². The highest BCUT2D eigenvalue weighted by Crippen LogP contribution is 2.06. The van der Waals surface area contributed by atoms with Crippen molar-refractivity contribution in [2.45, 2.75) is 11.8 Å². The lowest BCUT2D eigenvalue weighted by Gasteiger charge is -2.16. The first kappa shape index (κ1) is 17.1. The zero-order chi connectivity index (χ0) is 15.9. The lowest BCUT2D eigenvalue weighted by molar-refractivity contribution is -0.147. The van der Waals surface area contributed by atoms with Crippen molar-refractivity contribution >= 4 is 21.9 Å². The summed E-state index contributed by atoms with van der Waals surface area (Å²) in [5, 5.41) is 0. The van der Waals surface area contributed by atoms with Gasteiger partial charge in [-0.3, -0.25) is 9.59 Å². The van der Waals surface area contributed by atoms with E-state index in [0.29, 0.717) is 0 Å². The molecule has 7 nitrogen and oxygen atoms in total. The highest BCUT2D eigenvalue weighted by molar-refractivity contribution is 7.89. The number of ether oxygens (including phenoxy) is 1. The van der Waals surface area contributed by atoms with Gasteiger partial charge in [-0.15, -0.1) is 0 Å². The van der Waals surface area contributed by atoms with Gasteiger partial charge in [0.1, 0.15) is 6.54 Å². The molecule has 1 N–H and O–H groups in total. The molecular weight excluding hydrogens is 296 g/mol. The first-order valence-corrected chi connectivity index (χ1v) is 7.79. The number of likely N-dealkylation sites (N-methyl/N-ethyl adjacent to an activating group) is 1. The van der Waals surface area contributed by atoms with E-state index in [1.165, 1.54) is 19.2 Å². The molecule has 1 aromatic carbocycles. The molecule has 0 atom stereocenters. The molecule has 21 heavy (non-hydrogen) atoms. The van der Waals surface area contributed by atoms with Crippen LogP contribution >= 0.6 is 0 Å². The number of hydrogen-bond acceptors (Lipinski definition) is 5. The van der Waals surface area contributed by atoms with Crippen molar-refractivity contribution in [1.82, 2.24) is 9.62 Å². The van der Waals surface area contributed by atoms with Crippen LogP contribution in [0.2, 0.25) is 0 Å². The fraction of sp³-hybridized carbons (Fsp3) is 0.385. The summed E-state index contributed by atoms with van der Waals surface area (Å²) in [6.07, 6.45) is 0. The summed E-state index contributed by atoms with van der Waals surface area (Å²) in [5.41, 5.74) is 0. The Morgan fingerprint density at radius 3 is 2.43 bits per heavy atom. The highest BCUT2D eigenvalue weighted by Gasteiger charge is 2.18. The summed E-state index contributed by atoms with van der Waals surface area (Å²) in [4.78, 5) is 24.2. The number of esters is 1. The fourth-order valence-corrected chi connectivity index (χ4v) is 2.46. The van der Waals surface area contributed by atoms with E-state index in [2.05, 4.69) is 4.72 Å². The molecule has 0 radical (unpaired) electrons. The number of hydrogen-bond donors (Lipinski definition) is 1. The van der Waals surface area contributed by atoms with Gasteiger partial charge in [0.25, 0.3) is 0 Å². The van der Waals surface area contributed by atoms with E-state index in [-0.39, 0.29) is 18.0 Å². The lowest BCUT2D eigenvalue weighted by atomic mass is 10.4. The lowest BCUT2D eigenvalue weighted by Crippen LogP contribution is -2.40. The molecule has 0 aliphatic rings. The molecule has 1 aromatic rings. The molecule has 0 spiro atoms. The number of carbonyl (C=O) groups is 2. The van der Waals surface area contributed by atoms with E-state index >= 15 is 0 Å². The average molecular weight is 314 g/mol.